The minimum absolute atomic E-state index is 0.141. The molecule has 100 valence electrons. The van der Waals surface area contributed by atoms with Crippen LogP contribution in [0.2, 0.25) is 0 Å². The maximum Gasteiger partial charge on any atom is 0.268 e. The van der Waals surface area contributed by atoms with Crippen LogP contribution in [0.15, 0.2) is 41.1 Å². The van der Waals surface area contributed by atoms with Gasteiger partial charge in [0, 0.05) is 12.2 Å². The maximum absolute atomic E-state index is 12.1. The normalized spacial score (nSPS) is 16.3. The van der Waals surface area contributed by atoms with Crippen LogP contribution in [0.1, 0.15) is 41.2 Å². The van der Waals surface area contributed by atoms with Crippen LogP contribution in [-0.2, 0) is 0 Å². The van der Waals surface area contributed by atoms with Crippen molar-refractivity contribution in [3.8, 4) is 0 Å². The molecule has 5 nitrogen and oxygen atoms in total. The number of aromatic nitrogens is 1. The maximum atomic E-state index is 12.1. The zero-order chi connectivity index (χ0) is 13.2. The quantitative estimate of drug-likeness (QED) is 0.862. The lowest BCUT2D eigenvalue weighted by molar-refractivity contribution is 0.0892. The molecule has 1 saturated carbocycles. The third-order valence-corrected chi connectivity index (χ3v) is 3.28. The van der Waals surface area contributed by atoms with E-state index in [0.29, 0.717) is 17.5 Å². The fourth-order valence-corrected chi connectivity index (χ4v) is 2.12. The number of aliphatic hydroxyl groups is 1. The minimum atomic E-state index is -0.816. The molecule has 1 atom stereocenters. The molecule has 2 heterocycles. The SMILES string of the molecule is O=C(NCC(O)c1ccco1)c1cccn1C1CC1. The van der Waals surface area contributed by atoms with Crippen LogP contribution in [0.5, 0.6) is 0 Å². The third kappa shape index (κ3) is 2.56. The fraction of sp³-hybridized carbons (Fsp3) is 0.357. The summed E-state index contributed by atoms with van der Waals surface area (Å²) < 4.78 is 7.08. The zero-order valence-electron chi connectivity index (χ0n) is 10.5. The summed E-state index contributed by atoms with van der Waals surface area (Å²) in [5.41, 5.74) is 0.647. The summed E-state index contributed by atoms with van der Waals surface area (Å²) in [5, 5.41) is 12.6. The van der Waals surface area contributed by atoms with E-state index in [1.807, 2.05) is 16.8 Å². The Morgan fingerprint density at radius 1 is 1.47 bits per heavy atom. The summed E-state index contributed by atoms with van der Waals surface area (Å²) in [6.07, 6.45) is 4.87. The van der Waals surface area contributed by atoms with Gasteiger partial charge in [-0.05, 0) is 37.1 Å². The van der Waals surface area contributed by atoms with E-state index in [9.17, 15) is 9.90 Å². The van der Waals surface area contributed by atoms with Crippen LogP contribution in [0.25, 0.3) is 0 Å². The van der Waals surface area contributed by atoms with E-state index in [1.54, 1.807) is 18.2 Å². The van der Waals surface area contributed by atoms with Gasteiger partial charge in [-0.3, -0.25) is 4.79 Å². The molecule has 0 aliphatic heterocycles. The molecule has 1 aliphatic carbocycles. The number of amides is 1. The minimum Gasteiger partial charge on any atom is -0.467 e. The third-order valence-electron chi connectivity index (χ3n) is 3.28. The number of carbonyl (C=O) groups excluding carboxylic acids is 1. The molecule has 0 bridgehead atoms. The Morgan fingerprint density at radius 2 is 2.32 bits per heavy atom. The highest BCUT2D eigenvalue weighted by molar-refractivity contribution is 5.92. The Morgan fingerprint density at radius 3 is 3.00 bits per heavy atom. The molecular weight excluding hydrogens is 244 g/mol. The lowest BCUT2D eigenvalue weighted by Gasteiger charge is -2.11. The van der Waals surface area contributed by atoms with Crippen LogP contribution >= 0.6 is 0 Å². The van der Waals surface area contributed by atoms with Gasteiger partial charge in [-0.2, -0.15) is 0 Å². The smallest absolute Gasteiger partial charge is 0.268 e. The number of hydrogen-bond donors (Lipinski definition) is 2. The van der Waals surface area contributed by atoms with Crippen molar-refractivity contribution in [2.24, 2.45) is 0 Å². The molecule has 0 saturated heterocycles. The van der Waals surface area contributed by atoms with Crippen LogP contribution in [-0.4, -0.2) is 22.1 Å². The number of furan rings is 1. The summed E-state index contributed by atoms with van der Waals surface area (Å²) in [4.78, 5) is 12.1. The highest BCUT2D eigenvalue weighted by Crippen LogP contribution is 2.35. The predicted octanol–water partition coefficient (Wildman–Crippen LogP) is 1.88. The average molecular weight is 260 g/mol. The van der Waals surface area contributed by atoms with Crippen LogP contribution < -0.4 is 5.32 Å². The van der Waals surface area contributed by atoms with Gasteiger partial charge in [-0.15, -0.1) is 0 Å². The predicted molar refractivity (Wildman–Crippen MR) is 68.7 cm³/mol. The first-order valence-corrected chi connectivity index (χ1v) is 6.42. The standard InChI is InChI=1S/C14H16N2O3/c17-12(13-4-2-8-19-13)9-15-14(18)11-3-1-7-16(11)10-5-6-10/h1-4,7-8,10,12,17H,5-6,9H2,(H,15,18). The van der Waals surface area contributed by atoms with Gasteiger partial charge < -0.3 is 19.4 Å². The molecule has 0 aromatic carbocycles. The number of rotatable bonds is 5. The van der Waals surface area contributed by atoms with Gasteiger partial charge in [0.05, 0.1) is 12.8 Å². The summed E-state index contributed by atoms with van der Waals surface area (Å²) in [6, 6.07) is 7.52. The zero-order valence-corrected chi connectivity index (χ0v) is 10.5. The number of nitrogens with one attached hydrogen (secondary N) is 1. The molecular formula is C14H16N2O3. The van der Waals surface area contributed by atoms with E-state index in [2.05, 4.69) is 5.32 Å². The molecule has 0 spiro atoms. The number of aliphatic hydroxyl groups excluding tert-OH is 1. The summed E-state index contributed by atoms with van der Waals surface area (Å²) >= 11 is 0. The highest BCUT2D eigenvalue weighted by Gasteiger charge is 2.26. The van der Waals surface area contributed by atoms with Crippen molar-refractivity contribution in [2.45, 2.75) is 25.0 Å². The Kier molecular flexibility index (Phi) is 3.13. The van der Waals surface area contributed by atoms with Crippen LogP contribution in [0.3, 0.4) is 0 Å². The molecule has 2 aromatic heterocycles. The molecule has 0 radical (unpaired) electrons. The molecule has 3 rings (SSSR count). The van der Waals surface area contributed by atoms with E-state index in [0.717, 1.165) is 12.8 Å². The van der Waals surface area contributed by atoms with E-state index in [4.69, 9.17) is 4.42 Å². The highest BCUT2D eigenvalue weighted by atomic mass is 16.4. The van der Waals surface area contributed by atoms with E-state index >= 15 is 0 Å². The Balaban J connectivity index is 1.60. The Hall–Kier alpha value is -2.01. The number of carbonyl (C=O) groups is 1. The van der Waals surface area contributed by atoms with Crippen molar-refractivity contribution in [2.75, 3.05) is 6.54 Å². The van der Waals surface area contributed by atoms with Crippen molar-refractivity contribution in [3.63, 3.8) is 0 Å². The second kappa shape index (κ2) is 4.93. The first-order chi connectivity index (χ1) is 9.25. The van der Waals surface area contributed by atoms with E-state index in [1.165, 1.54) is 6.26 Å². The molecule has 1 aliphatic rings. The first kappa shape index (κ1) is 12.0. The molecule has 2 aromatic rings. The monoisotopic (exact) mass is 260 g/mol. The summed E-state index contributed by atoms with van der Waals surface area (Å²) in [6.45, 7) is 0.141. The molecule has 1 unspecified atom stereocenters. The second-order valence-corrected chi connectivity index (χ2v) is 4.77. The van der Waals surface area contributed by atoms with Gasteiger partial charge in [-0.25, -0.2) is 0 Å². The Bertz CT molecular complexity index is 555. The summed E-state index contributed by atoms with van der Waals surface area (Å²) in [5.74, 6) is 0.292. The largest absolute Gasteiger partial charge is 0.467 e. The van der Waals surface area contributed by atoms with Gasteiger partial charge in [0.1, 0.15) is 17.6 Å². The van der Waals surface area contributed by atoms with Crippen molar-refractivity contribution in [1.82, 2.24) is 9.88 Å². The van der Waals surface area contributed by atoms with Crippen LogP contribution in [0, 0.1) is 0 Å². The van der Waals surface area contributed by atoms with E-state index in [-0.39, 0.29) is 12.5 Å². The van der Waals surface area contributed by atoms with Crippen molar-refractivity contribution in [3.05, 3.63) is 48.2 Å². The topological polar surface area (TPSA) is 67.4 Å². The van der Waals surface area contributed by atoms with Crippen molar-refractivity contribution < 1.29 is 14.3 Å². The Labute approximate surface area is 110 Å². The average Bonchev–Trinajstić information content (AvgIpc) is 2.96. The summed E-state index contributed by atoms with van der Waals surface area (Å²) in [7, 11) is 0. The fourth-order valence-electron chi connectivity index (χ4n) is 2.12. The van der Waals surface area contributed by atoms with Gasteiger partial charge >= 0.3 is 0 Å². The van der Waals surface area contributed by atoms with Crippen LogP contribution in [0.4, 0.5) is 0 Å². The molecule has 1 amide bonds. The van der Waals surface area contributed by atoms with Crippen molar-refractivity contribution >= 4 is 5.91 Å². The molecule has 5 heteroatoms. The van der Waals surface area contributed by atoms with Gasteiger partial charge in [0.15, 0.2) is 0 Å². The first-order valence-electron chi connectivity index (χ1n) is 6.42. The van der Waals surface area contributed by atoms with E-state index < -0.39 is 6.10 Å². The van der Waals surface area contributed by atoms with Gasteiger partial charge in [0.25, 0.3) is 5.91 Å². The second-order valence-electron chi connectivity index (χ2n) is 4.77. The molecule has 1 fully saturated rings. The van der Waals surface area contributed by atoms with Gasteiger partial charge in [0.2, 0.25) is 0 Å². The molecule has 2 N–H and O–H groups in total. The lowest BCUT2D eigenvalue weighted by Crippen LogP contribution is -2.29. The van der Waals surface area contributed by atoms with Gasteiger partial charge in [-0.1, -0.05) is 0 Å². The number of nitrogens with zero attached hydrogens (tertiary/aromatic N) is 1. The van der Waals surface area contributed by atoms with Crippen molar-refractivity contribution in [1.29, 1.82) is 0 Å². The molecule has 19 heavy (non-hydrogen) atoms. The number of hydrogen-bond acceptors (Lipinski definition) is 3. The lowest BCUT2D eigenvalue weighted by atomic mass is 10.2.